The monoisotopic (exact) mass is 286 g/mol. The van der Waals surface area contributed by atoms with E-state index in [9.17, 15) is 8.42 Å². The summed E-state index contributed by atoms with van der Waals surface area (Å²) in [5, 5.41) is 8.79. The highest BCUT2D eigenvalue weighted by Crippen LogP contribution is 2.12. The van der Waals surface area contributed by atoms with Crippen LogP contribution in [-0.2, 0) is 16.4 Å². The summed E-state index contributed by atoms with van der Waals surface area (Å²) in [7, 11) is -3.42. The molecule has 2 aromatic carbocycles. The Balaban J connectivity index is 2.02. The van der Waals surface area contributed by atoms with Gasteiger partial charge in [-0.15, -0.1) is 0 Å². The van der Waals surface area contributed by atoms with Crippen LogP contribution in [0.2, 0.25) is 0 Å². The minimum atomic E-state index is -3.42. The number of nitrogens with zero attached hydrogens (tertiary/aromatic N) is 1. The lowest BCUT2D eigenvalue weighted by molar-refractivity contribution is 0.600. The Morgan fingerprint density at radius 2 is 1.80 bits per heavy atom. The fourth-order valence-corrected chi connectivity index (χ4v) is 2.87. The Morgan fingerprint density at radius 3 is 2.50 bits per heavy atom. The fourth-order valence-electron chi connectivity index (χ4n) is 1.78. The summed E-state index contributed by atoms with van der Waals surface area (Å²) < 4.78 is 26.4. The van der Waals surface area contributed by atoms with Crippen molar-refractivity contribution < 1.29 is 8.42 Å². The van der Waals surface area contributed by atoms with E-state index in [0.717, 1.165) is 5.56 Å². The van der Waals surface area contributed by atoms with Crippen LogP contribution in [0.3, 0.4) is 0 Å². The maximum absolute atomic E-state index is 12.0. The molecule has 5 heteroatoms. The summed E-state index contributed by atoms with van der Waals surface area (Å²) in [6.45, 7) is 0. The Morgan fingerprint density at radius 1 is 1.05 bits per heavy atom. The third-order valence-electron chi connectivity index (χ3n) is 2.77. The molecule has 0 bridgehead atoms. The van der Waals surface area contributed by atoms with Gasteiger partial charge in [-0.1, -0.05) is 36.4 Å². The predicted molar refractivity (Wildman–Crippen MR) is 78.7 cm³/mol. The second-order valence-electron chi connectivity index (χ2n) is 4.35. The number of nitrogens with one attached hydrogen (secondary N) is 1. The lowest BCUT2D eigenvalue weighted by Gasteiger charge is -2.08. The Labute approximate surface area is 118 Å². The summed E-state index contributed by atoms with van der Waals surface area (Å²) in [5.74, 6) is 0.00773. The van der Waals surface area contributed by atoms with Gasteiger partial charge >= 0.3 is 0 Å². The second-order valence-corrected chi connectivity index (χ2v) is 6.19. The number of aryl methyl sites for hydroxylation is 1. The molecule has 0 aromatic heterocycles. The van der Waals surface area contributed by atoms with Crippen LogP contribution < -0.4 is 4.72 Å². The van der Waals surface area contributed by atoms with Gasteiger partial charge in [0.25, 0.3) is 0 Å². The topological polar surface area (TPSA) is 70.0 Å². The predicted octanol–water partition coefficient (Wildman–Crippen LogP) is 2.54. The van der Waals surface area contributed by atoms with Crippen molar-refractivity contribution in [2.45, 2.75) is 6.42 Å². The SMILES string of the molecule is N#Cc1cccc(NS(=O)(=O)CCc2ccccc2)c1. The Kier molecular flexibility index (Phi) is 4.38. The van der Waals surface area contributed by atoms with E-state index in [1.54, 1.807) is 18.2 Å². The van der Waals surface area contributed by atoms with Crippen molar-refractivity contribution in [1.82, 2.24) is 0 Å². The molecule has 4 nitrogen and oxygen atoms in total. The third kappa shape index (κ3) is 4.11. The molecule has 0 amide bonds. The highest BCUT2D eigenvalue weighted by atomic mass is 32.2. The van der Waals surface area contributed by atoms with Crippen molar-refractivity contribution in [3.05, 3.63) is 65.7 Å². The smallest absolute Gasteiger partial charge is 0.233 e. The first-order valence-electron chi connectivity index (χ1n) is 6.14. The maximum Gasteiger partial charge on any atom is 0.233 e. The van der Waals surface area contributed by atoms with E-state index >= 15 is 0 Å². The molecule has 102 valence electrons. The number of anilines is 1. The molecule has 20 heavy (non-hydrogen) atoms. The molecule has 2 aromatic rings. The van der Waals surface area contributed by atoms with Gasteiger partial charge in [0.1, 0.15) is 0 Å². The molecule has 1 N–H and O–H groups in total. The molecule has 0 fully saturated rings. The first kappa shape index (κ1) is 14.1. The standard InChI is InChI=1S/C15H14N2O2S/c16-12-14-7-4-8-15(11-14)17-20(18,19)10-9-13-5-2-1-3-6-13/h1-8,11,17H,9-10H2. The van der Waals surface area contributed by atoms with E-state index < -0.39 is 10.0 Å². The molecular formula is C15H14N2O2S. The van der Waals surface area contributed by atoms with Crippen LogP contribution in [0.15, 0.2) is 54.6 Å². The molecule has 0 atom stereocenters. The van der Waals surface area contributed by atoms with Gasteiger partial charge in [-0.3, -0.25) is 4.72 Å². The molecule has 0 unspecified atom stereocenters. The number of hydrogen-bond acceptors (Lipinski definition) is 3. The summed E-state index contributed by atoms with van der Waals surface area (Å²) >= 11 is 0. The quantitative estimate of drug-likeness (QED) is 0.918. The van der Waals surface area contributed by atoms with Crippen molar-refractivity contribution in [2.24, 2.45) is 0 Å². The molecule has 0 aliphatic carbocycles. The van der Waals surface area contributed by atoms with Crippen LogP contribution in [0, 0.1) is 11.3 Å². The highest BCUT2D eigenvalue weighted by molar-refractivity contribution is 7.92. The van der Waals surface area contributed by atoms with Crippen LogP contribution in [0.25, 0.3) is 0 Å². The average Bonchev–Trinajstić information content (AvgIpc) is 2.46. The molecule has 0 saturated heterocycles. The van der Waals surface area contributed by atoms with E-state index in [2.05, 4.69) is 4.72 Å². The van der Waals surface area contributed by atoms with E-state index in [-0.39, 0.29) is 5.75 Å². The third-order valence-corrected chi connectivity index (χ3v) is 4.06. The Hall–Kier alpha value is -2.32. The van der Waals surface area contributed by atoms with Gasteiger partial charge in [-0.2, -0.15) is 5.26 Å². The number of hydrogen-bond donors (Lipinski definition) is 1. The number of rotatable bonds is 5. The summed E-state index contributed by atoms with van der Waals surface area (Å²) in [5.41, 5.74) is 1.81. The summed E-state index contributed by atoms with van der Waals surface area (Å²) in [6.07, 6.45) is 0.452. The zero-order valence-corrected chi connectivity index (χ0v) is 11.6. The van der Waals surface area contributed by atoms with Gasteiger partial charge < -0.3 is 0 Å². The molecular weight excluding hydrogens is 272 g/mol. The minimum absolute atomic E-state index is 0.00773. The molecule has 0 heterocycles. The second kappa shape index (κ2) is 6.22. The van der Waals surface area contributed by atoms with Crippen LogP contribution >= 0.6 is 0 Å². The summed E-state index contributed by atoms with van der Waals surface area (Å²) in [4.78, 5) is 0. The van der Waals surface area contributed by atoms with Gasteiger partial charge in [0.2, 0.25) is 10.0 Å². The lowest BCUT2D eigenvalue weighted by atomic mass is 10.2. The van der Waals surface area contributed by atoms with Crippen molar-refractivity contribution in [3.8, 4) is 6.07 Å². The minimum Gasteiger partial charge on any atom is -0.284 e. The van der Waals surface area contributed by atoms with E-state index in [1.807, 2.05) is 36.4 Å². The fraction of sp³-hybridized carbons (Fsp3) is 0.133. The van der Waals surface area contributed by atoms with Gasteiger partial charge in [0.05, 0.1) is 17.4 Å². The van der Waals surface area contributed by atoms with Crippen LogP contribution in [-0.4, -0.2) is 14.2 Å². The van der Waals surface area contributed by atoms with Crippen molar-refractivity contribution in [1.29, 1.82) is 5.26 Å². The first-order valence-corrected chi connectivity index (χ1v) is 7.79. The lowest BCUT2D eigenvalue weighted by Crippen LogP contribution is -2.18. The normalized spacial score (nSPS) is 10.8. The van der Waals surface area contributed by atoms with Crippen molar-refractivity contribution >= 4 is 15.7 Å². The highest BCUT2D eigenvalue weighted by Gasteiger charge is 2.10. The molecule has 0 saturated carbocycles. The first-order chi connectivity index (χ1) is 9.59. The van der Waals surface area contributed by atoms with Crippen LogP contribution in [0.5, 0.6) is 0 Å². The van der Waals surface area contributed by atoms with E-state index in [0.29, 0.717) is 17.7 Å². The van der Waals surface area contributed by atoms with Crippen LogP contribution in [0.4, 0.5) is 5.69 Å². The van der Waals surface area contributed by atoms with E-state index in [4.69, 9.17) is 5.26 Å². The van der Waals surface area contributed by atoms with Crippen molar-refractivity contribution in [3.63, 3.8) is 0 Å². The van der Waals surface area contributed by atoms with Gasteiger partial charge in [-0.05, 0) is 30.2 Å². The molecule has 0 radical (unpaired) electrons. The number of benzene rings is 2. The van der Waals surface area contributed by atoms with Gasteiger partial charge in [0.15, 0.2) is 0 Å². The number of nitriles is 1. The molecule has 0 aliphatic rings. The molecule has 0 aliphatic heterocycles. The van der Waals surface area contributed by atoms with Crippen LogP contribution in [0.1, 0.15) is 11.1 Å². The molecule has 0 spiro atoms. The van der Waals surface area contributed by atoms with Gasteiger partial charge in [-0.25, -0.2) is 8.42 Å². The maximum atomic E-state index is 12.0. The van der Waals surface area contributed by atoms with Gasteiger partial charge in [0, 0.05) is 5.69 Å². The summed E-state index contributed by atoms with van der Waals surface area (Å²) in [6, 6.07) is 17.8. The molecule has 2 rings (SSSR count). The zero-order chi connectivity index (χ0) is 14.4. The van der Waals surface area contributed by atoms with E-state index in [1.165, 1.54) is 6.07 Å². The Bertz CT molecular complexity index is 719. The number of sulfonamides is 1. The zero-order valence-electron chi connectivity index (χ0n) is 10.8. The van der Waals surface area contributed by atoms with Crippen molar-refractivity contribution in [2.75, 3.05) is 10.5 Å². The largest absolute Gasteiger partial charge is 0.284 e. The average molecular weight is 286 g/mol.